The molecule has 1 aromatic heterocycles. The van der Waals surface area contributed by atoms with Crippen LogP contribution in [-0.2, 0) is 16.6 Å². The molecular weight excluding hydrogens is 240 g/mol. The van der Waals surface area contributed by atoms with E-state index in [0.29, 0.717) is 5.75 Å². The maximum atomic E-state index is 11.6. The summed E-state index contributed by atoms with van der Waals surface area (Å²) in [6.07, 6.45) is 1.49. The van der Waals surface area contributed by atoms with Crippen molar-refractivity contribution in [3.63, 3.8) is 0 Å². The summed E-state index contributed by atoms with van der Waals surface area (Å²) in [6.45, 7) is 3.98. The zero-order valence-corrected chi connectivity index (χ0v) is 11.3. The van der Waals surface area contributed by atoms with Gasteiger partial charge in [-0.25, -0.2) is 9.67 Å². The second-order valence-electron chi connectivity index (χ2n) is 3.87. The highest BCUT2D eigenvalue weighted by molar-refractivity contribution is 7.99. The molecule has 0 saturated carbocycles. The fourth-order valence-electron chi connectivity index (χ4n) is 1.30. The first-order valence-electron chi connectivity index (χ1n) is 5.35. The molecule has 1 unspecified atom stereocenters. The minimum absolute atomic E-state index is 0.221. The van der Waals surface area contributed by atoms with Gasteiger partial charge in [0.2, 0.25) is 0 Å². The molecule has 0 aliphatic carbocycles. The maximum absolute atomic E-state index is 11.6. The molecular formula is C10H18N4O2S. The number of nitrogens with one attached hydrogen (secondary N) is 1. The number of rotatable bonds is 6. The zero-order chi connectivity index (χ0) is 12.8. The van der Waals surface area contributed by atoms with Crippen LogP contribution in [0.15, 0.2) is 11.5 Å². The average molecular weight is 258 g/mol. The highest BCUT2D eigenvalue weighted by Gasteiger charge is 2.20. The number of nitrogens with zero attached hydrogens (tertiary/aromatic N) is 3. The Labute approximate surface area is 105 Å². The first-order valence-corrected chi connectivity index (χ1v) is 6.33. The molecule has 17 heavy (non-hydrogen) atoms. The third-order valence-electron chi connectivity index (χ3n) is 2.07. The number of carbonyl (C=O) groups excluding carboxylic acids is 1. The van der Waals surface area contributed by atoms with E-state index in [1.165, 1.54) is 25.2 Å². The molecule has 6 nitrogen and oxygen atoms in total. The van der Waals surface area contributed by atoms with E-state index in [4.69, 9.17) is 4.74 Å². The first kappa shape index (κ1) is 14.0. The highest BCUT2D eigenvalue weighted by Crippen LogP contribution is 2.15. The average Bonchev–Trinajstić information content (AvgIpc) is 2.68. The van der Waals surface area contributed by atoms with E-state index < -0.39 is 0 Å². The minimum atomic E-state index is -0.332. The van der Waals surface area contributed by atoms with Gasteiger partial charge in [0.25, 0.3) is 0 Å². The van der Waals surface area contributed by atoms with Crippen LogP contribution in [0.5, 0.6) is 0 Å². The quantitative estimate of drug-likeness (QED) is 0.590. The standard InChI is InChI=1S/C10H18N4O2S/c1-7(2)13-8(9(15)16-4)5-17-10-11-6-12-14(10)3/h6-8,13H,5H2,1-4H3. The van der Waals surface area contributed by atoms with E-state index in [1.54, 1.807) is 4.68 Å². The lowest BCUT2D eigenvalue weighted by Crippen LogP contribution is -2.43. The van der Waals surface area contributed by atoms with Crippen LogP contribution in [0.2, 0.25) is 0 Å². The van der Waals surface area contributed by atoms with E-state index >= 15 is 0 Å². The summed E-state index contributed by atoms with van der Waals surface area (Å²) in [5.74, 6) is 0.311. The third kappa shape index (κ3) is 4.35. The summed E-state index contributed by atoms with van der Waals surface area (Å²) < 4.78 is 6.43. The fourth-order valence-corrected chi connectivity index (χ4v) is 2.21. The Balaban J connectivity index is 2.55. The zero-order valence-electron chi connectivity index (χ0n) is 10.5. The molecule has 96 valence electrons. The van der Waals surface area contributed by atoms with E-state index in [0.717, 1.165) is 5.16 Å². The molecule has 1 atom stereocenters. The summed E-state index contributed by atoms with van der Waals surface area (Å²) in [4.78, 5) is 15.6. The summed E-state index contributed by atoms with van der Waals surface area (Å²) in [6, 6.07) is -0.110. The van der Waals surface area contributed by atoms with Gasteiger partial charge in [-0.05, 0) is 0 Å². The van der Waals surface area contributed by atoms with Crippen LogP contribution in [0.1, 0.15) is 13.8 Å². The minimum Gasteiger partial charge on any atom is -0.468 e. The van der Waals surface area contributed by atoms with Crippen molar-refractivity contribution in [3.05, 3.63) is 6.33 Å². The van der Waals surface area contributed by atoms with Crippen LogP contribution >= 0.6 is 11.8 Å². The predicted octanol–water partition coefficient (Wildman–Crippen LogP) is 0.447. The van der Waals surface area contributed by atoms with Gasteiger partial charge in [0, 0.05) is 18.8 Å². The number of thioether (sulfide) groups is 1. The molecule has 0 fully saturated rings. The highest BCUT2D eigenvalue weighted by atomic mass is 32.2. The van der Waals surface area contributed by atoms with Crippen LogP contribution in [0.3, 0.4) is 0 Å². The molecule has 1 rings (SSSR count). The number of hydrogen-bond donors (Lipinski definition) is 1. The van der Waals surface area contributed by atoms with E-state index in [9.17, 15) is 4.79 Å². The second-order valence-corrected chi connectivity index (χ2v) is 4.86. The molecule has 1 aromatic rings. The molecule has 0 bridgehead atoms. The molecule has 0 aliphatic heterocycles. The van der Waals surface area contributed by atoms with Crippen molar-refractivity contribution in [2.45, 2.75) is 31.1 Å². The SMILES string of the molecule is COC(=O)C(CSc1ncnn1C)NC(C)C. The molecule has 0 amide bonds. The van der Waals surface area contributed by atoms with Gasteiger partial charge in [-0.1, -0.05) is 25.6 Å². The number of aromatic nitrogens is 3. The smallest absolute Gasteiger partial charge is 0.323 e. The van der Waals surface area contributed by atoms with E-state index in [-0.39, 0.29) is 18.1 Å². The lowest BCUT2D eigenvalue weighted by Gasteiger charge is -2.18. The maximum Gasteiger partial charge on any atom is 0.323 e. The lowest BCUT2D eigenvalue weighted by atomic mass is 10.3. The van der Waals surface area contributed by atoms with Gasteiger partial charge in [-0.3, -0.25) is 4.79 Å². The van der Waals surface area contributed by atoms with Crippen molar-refractivity contribution in [1.82, 2.24) is 20.1 Å². The van der Waals surface area contributed by atoms with Crippen LogP contribution in [-0.4, -0.2) is 45.7 Å². The Morgan fingerprint density at radius 3 is 2.82 bits per heavy atom. The molecule has 1 N–H and O–H groups in total. The molecule has 0 aliphatic rings. The number of hydrogen-bond acceptors (Lipinski definition) is 6. The van der Waals surface area contributed by atoms with Gasteiger partial charge in [-0.2, -0.15) is 5.10 Å². The Hall–Kier alpha value is -1.08. The van der Waals surface area contributed by atoms with Crippen molar-refractivity contribution < 1.29 is 9.53 Å². The summed E-state index contributed by atoms with van der Waals surface area (Å²) in [5, 5.41) is 7.91. The van der Waals surface area contributed by atoms with Crippen molar-refractivity contribution in [2.75, 3.05) is 12.9 Å². The monoisotopic (exact) mass is 258 g/mol. The molecule has 0 aromatic carbocycles. The van der Waals surface area contributed by atoms with Gasteiger partial charge in [0.15, 0.2) is 5.16 Å². The Bertz CT molecular complexity index is 367. The van der Waals surface area contributed by atoms with Crippen molar-refractivity contribution >= 4 is 17.7 Å². The van der Waals surface area contributed by atoms with Gasteiger partial charge in [0.1, 0.15) is 12.4 Å². The van der Waals surface area contributed by atoms with E-state index in [1.807, 2.05) is 20.9 Å². The van der Waals surface area contributed by atoms with Gasteiger partial charge in [-0.15, -0.1) is 0 Å². The molecule has 7 heteroatoms. The Kier molecular flexibility index (Phi) is 5.43. The summed E-state index contributed by atoms with van der Waals surface area (Å²) in [5.41, 5.74) is 0. The molecule has 0 spiro atoms. The third-order valence-corrected chi connectivity index (χ3v) is 3.20. The first-order chi connectivity index (χ1) is 8.04. The molecule has 0 saturated heterocycles. The lowest BCUT2D eigenvalue weighted by molar-refractivity contribution is -0.142. The van der Waals surface area contributed by atoms with Crippen LogP contribution in [0.4, 0.5) is 0 Å². The van der Waals surface area contributed by atoms with E-state index in [2.05, 4.69) is 15.4 Å². The Morgan fingerprint density at radius 1 is 1.65 bits per heavy atom. The molecule has 1 heterocycles. The molecule has 0 radical (unpaired) electrons. The fraction of sp³-hybridized carbons (Fsp3) is 0.700. The van der Waals surface area contributed by atoms with Crippen molar-refractivity contribution in [1.29, 1.82) is 0 Å². The number of aryl methyl sites for hydroxylation is 1. The van der Waals surface area contributed by atoms with Crippen LogP contribution in [0.25, 0.3) is 0 Å². The topological polar surface area (TPSA) is 69.0 Å². The largest absolute Gasteiger partial charge is 0.468 e. The van der Waals surface area contributed by atoms with Gasteiger partial charge < -0.3 is 10.1 Å². The number of methoxy groups -OCH3 is 1. The van der Waals surface area contributed by atoms with Gasteiger partial charge in [0.05, 0.1) is 7.11 Å². The Morgan fingerprint density at radius 2 is 2.35 bits per heavy atom. The van der Waals surface area contributed by atoms with Crippen LogP contribution < -0.4 is 5.32 Å². The predicted molar refractivity (Wildman–Crippen MR) is 65.8 cm³/mol. The number of esters is 1. The summed E-state index contributed by atoms with van der Waals surface area (Å²) >= 11 is 1.47. The van der Waals surface area contributed by atoms with Crippen LogP contribution in [0, 0.1) is 0 Å². The normalized spacial score (nSPS) is 12.8. The van der Waals surface area contributed by atoms with Gasteiger partial charge >= 0.3 is 5.97 Å². The second kappa shape index (κ2) is 6.61. The summed E-state index contributed by atoms with van der Waals surface area (Å²) in [7, 11) is 3.21. The number of ether oxygens (including phenoxy) is 1. The number of carbonyl (C=O) groups is 1. The van der Waals surface area contributed by atoms with Crippen molar-refractivity contribution in [2.24, 2.45) is 7.05 Å². The van der Waals surface area contributed by atoms with Crippen molar-refractivity contribution in [3.8, 4) is 0 Å².